The van der Waals surface area contributed by atoms with Crippen LogP contribution in [0.2, 0.25) is 0 Å². The van der Waals surface area contributed by atoms with Gasteiger partial charge in [-0.3, -0.25) is 4.99 Å². The normalized spacial score (nSPS) is 31.2. The molecule has 1 atom stereocenters. The average molecular weight is 272 g/mol. The largest absolute Gasteiger partial charge is 0.362 e. The van der Waals surface area contributed by atoms with E-state index in [-0.39, 0.29) is 0 Å². The maximum atomic E-state index is 4.85. The highest BCUT2D eigenvalue weighted by molar-refractivity contribution is 8.13. The third-order valence-electron chi connectivity index (χ3n) is 3.87. The zero-order chi connectivity index (χ0) is 12.1. The Kier molecular flexibility index (Phi) is 5.10. The van der Waals surface area contributed by atoms with Gasteiger partial charge < -0.3 is 5.32 Å². The van der Waals surface area contributed by atoms with Gasteiger partial charge >= 0.3 is 0 Å². The topological polar surface area (TPSA) is 24.4 Å². The predicted molar refractivity (Wildman–Crippen MR) is 81.3 cm³/mol. The molecule has 0 bridgehead atoms. The smallest absolute Gasteiger partial charge is 0.156 e. The first kappa shape index (κ1) is 13.6. The lowest BCUT2D eigenvalue weighted by Crippen LogP contribution is -2.37. The molecule has 0 radical (unpaired) electrons. The molecule has 1 heterocycles. The van der Waals surface area contributed by atoms with Gasteiger partial charge in [-0.15, -0.1) is 0 Å². The minimum absolute atomic E-state index is 0.439. The van der Waals surface area contributed by atoms with Crippen LogP contribution >= 0.6 is 23.5 Å². The van der Waals surface area contributed by atoms with Crippen molar-refractivity contribution in [1.29, 1.82) is 0 Å². The highest BCUT2D eigenvalue weighted by atomic mass is 32.2. The van der Waals surface area contributed by atoms with Crippen LogP contribution in [0.1, 0.15) is 45.4 Å². The number of amidine groups is 1. The van der Waals surface area contributed by atoms with Crippen LogP contribution in [-0.2, 0) is 0 Å². The second-order valence-electron chi connectivity index (χ2n) is 5.25. The predicted octanol–water partition coefficient (Wildman–Crippen LogP) is 3.52. The minimum Gasteiger partial charge on any atom is -0.362 e. The molecule has 0 aromatic carbocycles. The SMILES string of the molecule is CSC1(CN=C2NC(C)CCS2)CCCCC1. The van der Waals surface area contributed by atoms with Crippen molar-refractivity contribution in [3.8, 4) is 0 Å². The third-order valence-corrected chi connectivity index (χ3v) is 6.23. The summed E-state index contributed by atoms with van der Waals surface area (Å²) in [6.45, 7) is 3.26. The number of nitrogens with zero attached hydrogens (tertiary/aromatic N) is 1. The van der Waals surface area contributed by atoms with Crippen LogP contribution in [0.5, 0.6) is 0 Å². The molecular weight excluding hydrogens is 248 g/mol. The van der Waals surface area contributed by atoms with Crippen molar-refractivity contribution in [2.75, 3.05) is 18.6 Å². The molecule has 98 valence electrons. The average Bonchev–Trinajstić information content (AvgIpc) is 2.38. The van der Waals surface area contributed by atoms with Crippen molar-refractivity contribution in [2.24, 2.45) is 4.99 Å². The fraction of sp³-hybridized carbons (Fsp3) is 0.923. The van der Waals surface area contributed by atoms with Crippen molar-refractivity contribution in [3.63, 3.8) is 0 Å². The monoisotopic (exact) mass is 272 g/mol. The molecule has 0 aromatic heterocycles. The third kappa shape index (κ3) is 3.82. The zero-order valence-electron chi connectivity index (χ0n) is 11.0. The van der Waals surface area contributed by atoms with E-state index in [0.717, 1.165) is 6.54 Å². The summed E-state index contributed by atoms with van der Waals surface area (Å²) in [5.41, 5.74) is 0. The molecule has 1 aliphatic heterocycles. The molecule has 0 amide bonds. The van der Waals surface area contributed by atoms with Crippen molar-refractivity contribution in [2.45, 2.75) is 56.2 Å². The quantitative estimate of drug-likeness (QED) is 0.850. The summed E-state index contributed by atoms with van der Waals surface area (Å²) in [5, 5.41) is 4.68. The van der Waals surface area contributed by atoms with Gasteiger partial charge in [0.2, 0.25) is 0 Å². The summed E-state index contributed by atoms with van der Waals surface area (Å²) < 4.78 is 0.439. The second-order valence-corrected chi connectivity index (χ2v) is 7.61. The molecule has 1 aliphatic carbocycles. The minimum atomic E-state index is 0.439. The Morgan fingerprint density at radius 1 is 1.41 bits per heavy atom. The lowest BCUT2D eigenvalue weighted by atomic mass is 9.88. The van der Waals surface area contributed by atoms with Crippen molar-refractivity contribution in [1.82, 2.24) is 5.32 Å². The molecule has 1 saturated carbocycles. The van der Waals surface area contributed by atoms with Crippen LogP contribution in [0.4, 0.5) is 0 Å². The molecule has 1 N–H and O–H groups in total. The Morgan fingerprint density at radius 3 is 2.82 bits per heavy atom. The van der Waals surface area contributed by atoms with Crippen LogP contribution in [0.3, 0.4) is 0 Å². The Hall–Kier alpha value is 0.170. The first-order valence-corrected chi connectivity index (χ1v) is 8.94. The van der Waals surface area contributed by atoms with Gasteiger partial charge in [-0.2, -0.15) is 11.8 Å². The molecule has 0 spiro atoms. The Bertz CT molecular complexity index is 273. The van der Waals surface area contributed by atoms with Crippen molar-refractivity contribution < 1.29 is 0 Å². The Balaban J connectivity index is 1.91. The molecule has 1 unspecified atom stereocenters. The van der Waals surface area contributed by atoms with E-state index >= 15 is 0 Å². The molecule has 0 aromatic rings. The van der Waals surface area contributed by atoms with Gasteiger partial charge in [-0.05, 0) is 32.4 Å². The molecule has 17 heavy (non-hydrogen) atoms. The summed E-state index contributed by atoms with van der Waals surface area (Å²) in [4.78, 5) is 4.85. The van der Waals surface area contributed by atoms with Gasteiger partial charge in [0.25, 0.3) is 0 Å². The molecule has 2 aliphatic rings. The molecule has 2 rings (SSSR count). The van der Waals surface area contributed by atoms with Crippen LogP contribution in [-0.4, -0.2) is 34.5 Å². The summed E-state index contributed by atoms with van der Waals surface area (Å²) >= 11 is 3.93. The van der Waals surface area contributed by atoms with Crippen molar-refractivity contribution >= 4 is 28.7 Å². The van der Waals surface area contributed by atoms with E-state index in [4.69, 9.17) is 4.99 Å². The van der Waals surface area contributed by atoms with E-state index < -0.39 is 0 Å². The highest BCUT2D eigenvalue weighted by Crippen LogP contribution is 2.38. The lowest BCUT2D eigenvalue weighted by molar-refractivity contribution is 0.405. The maximum Gasteiger partial charge on any atom is 0.156 e. The summed E-state index contributed by atoms with van der Waals surface area (Å²) in [5.74, 6) is 1.22. The van der Waals surface area contributed by atoms with Crippen LogP contribution in [0.15, 0.2) is 4.99 Å². The zero-order valence-corrected chi connectivity index (χ0v) is 12.6. The number of aliphatic imine (C=N–C) groups is 1. The van der Waals surface area contributed by atoms with Gasteiger partial charge in [-0.1, -0.05) is 31.0 Å². The molecule has 2 nitrogen and oxygen atoms in total. The second kappa shape index (κ2) is 6.37. The number of hydrogen-bond acceptors (Lipinski definition) is 3. The van der Waals surface area contributed by atoms with Crippen LogP contribution < -0.4 is 5.32 Å². The maximum absolute atomic E-state index is 4.85. The van der Waals surface area contributed by atoms with E-state index in [1.54, 1.807) is 0 Å². The van der Waals surface area contributed by atoms with Gasteiger partial charge in [0.05, 0.1) is 6.54 Å². The van der Waals surface area contributed by atoms with E-state index in [9.17, 15) is 0 Å². The van der Waals surface area contributed by atoms with Gasteiger partial charge in [0.1, 0.15) is 0 Å². The number of rotatable bonds is 3. The van der Waals surface area contributed by atoms with E-state index in [0.29, 0.717) is 10.8 Å². The fourth-order valence-corrected chi connectivity index (χ4v) is 4.58. The van der Waals surface area contributed by atoms with E-state index in [1.165, 1.54) is 49.4 Å². The lowest BCUT2D eigenvalue weighted by Gasteiger charge is -2.34. The first-order valence-electron chi connectivity index (χ1n) is 6.73. The molecule has 4 heteroatoms. The van der Waals surface area contributed by atoms with E-state index in [1.807, 2.05) is 23.5 Å². The van der Waals surface area contributed by atoms with Crippen LogP contribution in [0, 0.1) is 0 Å². The number of nitrogens with one attached hydrogen (secondary N) is 1. The van der Waals surface area contributed by atoms with Crippen LogP contribution in [0.25, 0.3) is 0 Å². The number of hydrogen-bond donors (Lipinski definition) is 1. The summed E-state index contributed by atoms with van der Waals surface area (Å²) in [6.07, 6.45) is 10.4. The Morgan fingerprint density at radius 2 is 2.18 bits per heavy atom. The standard InChI is InChI=1S/C13H24N2S2/c1-11-6-9-17-12(15-11)14-10-13(16-2)7-4-3-5-8-13/h11H,3-10H2,1-2H3,(H,14,15). The van der Waals surface area contributed by atoms with Crippen molar-refractivity contribution in [3.05, 3.63) is 0 Å². The van der Waals surface area contributed by atoms with Gasteiger partial charge in [-0.25, -0.2) is 0 Å². The number of thioether (sulfide) groups is 2. The fourth-order valence-electron chi connectivity index (χ4n) is 2.59. The summed E-state index contributed by atoms with van der Waals surface area (Å²) in [6, 6.07) is 0.603. The van der Waals surface area contributed by atoms with E-state index in [2.05, 4.69) is 18.5 Å². The summed E-state index contributed by atoms with van der Waals surface area (Å²) in [7, 11) is 0. The van der Waals surface area contributed by atoms with Gasteiger partial charge in [0.15, 0.2) is 5.17 Å². The Labute approximate surface area is 114 Å². The molecular formula is C13H24N2S2. The highest BCUT2D eigenvalue weighted by Gasteiger charge is 2.31. The first-order chi connectivity index (χ1) is 8.24. The molecule has 2 fully saturated rings. The molecule has 1 saturated heterocycles. The van der Waals surface area contributed by atoms with Gasteiger partial charge in [0, 0.05) is 16.5 Å².